The molecule has 236 valence electrons. The lowest BCUT2D eigenvalue weighted by Gasteiger charge is -2.34. The molecule has 3 atom stereocenters. The van der Waals surface area contributed by atoms with Gasteiger partial charge < -0.3 is 20.5 Å². The van der Waals surface area contributed by atoms with Crippen LogP contribution in [0.1, 0.15) is 90.7 Å². The van der Waals surface area contributed by atoms with Crippen molar-refractivity contribution >= 4 is 41.6 Å². The third-order valence-electron chi connectivity index (χ3n) is 7.65. The Balaban J connectivity index is 0.00000109. The van der Waals surface area contributed by atoms with E-state index in [1.807, 2.05) is 51.0 Å². The van der Waals surface area contributed by atoms with Crippen LogP contribution in [0, 0.1) is 24.2 Å². The molecule has 3 N–H and O–H groups in total. The monoisotopic (exact) mass is 620 g/mol. The number of anilines is 1. The van der Waals surface area contributed by atoms with Crippen molar-refractivity contribution in [1.29, 1.82) is 0 Å². The van der Waals surface area contributed by atoms with E-state index in [1.54, 1.807) is 12.1 Å². The van der Waals surface area contributed by atoms with Crippen molar-refractivity contribution in [2.75, 3.05) is 18.4 Å². The van der Waals surface area contributed by atoms with E-state index in [4.69, 9.17) is 28.0 Å². The van der Waals surface area contributed by atoms with Crippen LogP contribution in [-0.2, 0) is 16.1 Å². The lowest BCUT2D eigenvalue weighted by molar-refractivity contribution is -0.139. The first-order valence-electron chi connectivity index (χ1n) is 15.0. The highest BCUT2D eigenvalue weighted by Crippen LogP contribution is 2.31. The summed E-state index contributed by atoms with van der Waals surface area (Å²) in [4.78, 5) is 19.7. The lowest BCUT2D eigenvalue weighted by atomic mass is 9.78. The molecule has 42 heavy (non-hydrogen) atoms. The highest BCUT2D eigenvalue weighted by Gasteiger charge is 2.33. The van der Waals surface area contributed by atoms with Crippen LogP contribution in [0.3, 0.4) is 0 Å². The van der Waals surface area contributed by atoms with Crippen molar-refractivity contribution in [1.82, 2.24) is 5.32 Å². The quantitative estimate of drug-likeness (QED) is 0.153. The van der Waals surface area contributed by atoms with Crippen LogP contribution in [0.25, 0.3) is 0 Å². The van der Waals surface area contributed by atoms with Crippen LogP contribution in [0.4, 0.5) is 5.69 Å². The predicted octanol–water partition coefficient (Wildman–Crippen LogP) is 9.99. The number of carboxylic acid groups (broad SMARTS) is 1. The average Bonchev–Trinajstić information content (AvgIpc) is 2.95. The van der Waals surface area contributed by atoms with E-state index >= 15 is 0 Å². The molecule has 3 unspecified atom stereocenters. The number of aryl methyl sites for hydroxylation is 1. The van der Waals surface area contributed by atoms with Gasteiger partial charge in [0.05, 0.1) is 6.42 Å². The van der Waals surface area contributed by atoms with Crippen LogP contribution >= 0.6 is 23.2 Å². The van der Waals surface area contributed by atoms with Crippen molar-refractivity contribution < 1.29 is 14.7 Å². The fourth-order valence-electron chi connectivity index (χ4n) is 5.11. The van der Waals surface area contributed by atoms with Gasteiger partial charge in [0.15, 0.2) is 0 Å². The molecule has 0 spiro atoms. The minimum absolute atomic E-state index is 0.0278. The molecule has 2 aromatic carbocycles. The zero-order valence-electron chi connectivity index (χ0n) is 26.7. The number of halogens is 2. The maximum absolute atomic E-state index is 11.7. The van der Waals surface area contributed by atoms with E-state index in [0.29, 0.717) is 36.1 Å². The van der Waals surface area contributed by atoms with Crippen LogP contribution in [0.15, 0.2) is 54.6 Å². The Labute approximate surface area is 265 Å². The van der Waals surface area contributed by atoms with E-state index in [2.05, 4.69) is 44.9 Å². The largest absolute Gasteiger partial charge is 0.481 e. The number of unbranched alkanes of at least 4 members (excludes halogenated alkanes) is 1. The van der Waals surface area contributed by atoms with Gasteiger partial charge in [-0.3, -0.25) is 4.79 Å². The van der Waals surface area contributed by atoms with Gasteiger partial charge in [-0.1, -0.05) is 112 Å². The lowest BCUT2D eigenvalue weighted by Crippen LogP contribution is -2.41. The highest BCUT2D eigenvalue weighted by molar-refractivity contribution is 6.35. The second-order valence-corrected chi connectivity index (χ2v) is 12.3. The molecule has 0 heterocycles. The van der Waals surface area contributed by atoms with Crippen LogP contribution in [0.2, 0.25) is 10.0 Å². The molecule has 0 aromatic heterocycles. The van der Waals surface area contributed by atoms with Gasteiger partial charge in [-0.25, -0.2) is 0 Å². The number of allylic oxidation sites excluding steroid dienone is 1. The van der Waals surface area contributed by atoms with E-state index in [0.717, 1.165) is 28.7 Å². The van der Waals surface area contributed by atoms with Crippen LogP contribution < -0.4 is 10.6 Å². The minimum atomic E-state index is -0.830. The Morgan fingerprint density at radius 2 is 1.64 bits per heavy atom. The molecule has 2 aromatic rings. The SMILES string of the molecule is C=C(C)CC(CNCc1ccc(Cl)cc1Cl)(CNc1ccc(C)cc1)CC(=O)O.C=O.CCCCC(CC)C(C)CC. The number of hydrogen-bond donors (Lipinski definition) is 3. The molecule has 0 fully saturated rings. The van der Waals surface area contributed by atoms with Gasteiger partial charge in [0.1, 0.15) is 6.79 Å². The Morgan fingerprint density at radius 1 is 1.00 bits per heavy atom. The van der Waals surface area contributed by atoms with Crippen LogP contribution in [0.5, 0.6) is 0 Å². The van der Waals surface area contributed by atoms with E-state index in [1.165, 1.54) is 37.7 Å². The zero-order chi connectivity index (χ0) is 32.1. The van der Waals surface area contributed by atoms with E-state index in [9.17, 15) is 9.90 Å². The Morgan fingerprint density at radius 3 is 2.14 bits per heavy atom. The van der Waals surface area contributed by atoms with Crippen molar-refractivity contribution in [2.45, 2.75) is 93.0 Å². The smallest absolute Gasteiger partial charge is 0.304 e. The maximum Gasteiger partial charge on any atom is 0.304 e. The molecule has 7 heteroatoms. The third kappa shape index (κ3) is 16.3. The number of carboxylic acids is 1. The van der Waals surface area contributed by atoms with Gasteiger partial charge >= 0.3 is 5.97 Å². The van der Waals surface area contributed by atoms with Gasteiger partial charge in [-0.15, -0.1) is 6.58 Å². The number of carbonyl (C=O) groups is 2. The summed E-state index contributed by atoms with van der Waals surface area (Å²) >= 11 is 12.2. The first kappa shape index (κ1) is 39.7. The number of rotatable bonds is 17. The van der Waals surface area contributed by atoms with Gasteiger partial charge in [0, 0.05) is 40.8 Å². The van der Waals surface area contributed by atoms with Gasteiger partial charge in [-0.05, 0) is 61.9 Å². The van der Waals surface area contributed by atoms with Crippen LogP contribution in [-0.4, -0.2) is 31.0 Å². The molecule has 0 aliphatic heterocycles. The first-order chi connectivity index (χ1) is 19.9. The molecule has 0 saturated heterocycles. The summed E-state index contributed by atoms with van der Waals surface area (Å²) in [7, 11) is 0. The Kier molecular flexibility index (Phi) is 21.0. The molecule has 0 amide bonds. The third-order valence-corrected chi connectivity index (χ3v) is 8.24. The second-order valence-electron chi connectivity index (χ2n) is 11.5. The van der Waals surface area contributed by atoms with Gasteiger partial charge in [0.2, 0.25) is 0 Å². The minimum Gasteiger partial charge on any atom is -0.481 e. The number of aliphatic carboxylic acids is 1. The molecular weight excluding hydrogens is 567 g/mol. The zero-order valence-corrected chi connectivity index (χ0v) is 28.2. The summed E-state index contributed by atoms with van der Waals surface area (Å²) < 4.78 is 0. The average molecular weight is 622 g/mol. The highest BCUT2D eigenvalue weighted by atomic mass is 35.5. The summed E-state index contributed by atoms with van der Waals surface area (Å²) in [5.74, 6) is 1.09. The molecule has 0 aliphatic carbocycles. The molecule has 0 bridgehead atoms. The van der Waals surface area contributed by atoms with Gasteiger partial charge in [0.25, 0.3) is 0 Å². The maximum atomic E-state index is 11.7. The standard InChI is InChI=1S/C23H28Cl2N2O2.C11H24.CH2O/c1-16(2)11-23(12-22(28)29,15-27-20-8-4-17(3)5-9-20)14-26-13-18-6-7-19(24)10-21(18)25;1-5-8-9-11(7-3)10(4)6-2;1-2/h4-10,26-27H,1,11-15H2,2-3H3,(H,28,29);10-11H,5-9H2,1-4H3;1H2. The molecule has 0 saturated carbocycles. The second kappa shape index (κ2) is 22.2. The Hall–Kier alpha value is -2.34. The van der Waals surface area contributed by atoms with Crippen molar-refractivity contribution in [3.63, 3.8) is 0 Å². The van der Waals surface area contributed by atoms with E-state index in [-0.39, 0.29) is 6.42 Å². The summed E-state index contributed by atoms with van der Waals surface area (Å²) in [5, 5.41) is 17.5. The topological polar surface area (TPSA) is 78.4 Å². The number of carbonyl (C=O) groups excluding carboxylic acids is 1. The summed E-state index contributed by atoms with van der Waals surface area (Å²) in [6.45, 7) is 20.8. The molecule has 0 aliphatic rings. The van der Waals surface area contributed by atoms with E-state index < -0.39 is 11.4 Å². The van der Waals surface area contributed by atoms with Gasteiger partial charge in [-0.2, -0.15) is 0 Å². The molecule has 0 radical (unpaired) electrons. The number of hydrogen-bond acceptors (Lipinski definition) is 4. The Bertz CT molecular complexity index is 1030. The molecule has 2 rings (SSSR count). The number of benzene rings is 2. The number of nitrogens with one attached hydrogen (secondary N) is 2. The fourth-order valence-corrected chi connectivity index (χ4v) is 5.59. The summed E-state index contributed by atoms with van der Waals surface area (Å²) in [5.41, 5.74) is 3.48. The summed E-state index contributed by atoms with van der Waals surface area (Å²) in [6, 6.07) is 13.4. The normalized spacial score (nSPS) is 13.3. The first-order valence-corrected chi connectivity index (χ1v) is 15.8. The van der Waals surface area contributed by atoms with Crippen molar-refractivity contribution in [3.8, 4) is 0 Å². The summed E-state index contributed by atoms with van der Waals surface area (Å²) in [6.07, 6.45) is 7.56. The predicted molar refractivity (Wildman–Crippen MR) is 182 cm³/mol. The molecular formula is C35H54Cl2N2O3. The van der Waals surface area contributed by atoms with Crippen molar-refractivity contribution in [3.05, 3.63) is 75.8 Å². The van der Waals surface area contributed by atoms with Crippen molar-refractivity contribution in [2.24, 2.45) is 17.3 Å². The fraction of sp³-hybridized carbons (Fsp3) is 0.543. The molecule has 5 nitrogen and oxygen atoms in total.